The molecule has 1 aliphatic carbocycles. The minimum absolute atomic E-state index is 0.132. The highest BCUT2D eigenvalue weighted by molar-refractivity contribution is 6.09. The van der Waals surface area contributed by atoms with E-state index >= 15 is 0 Å². The van der Waals surface area contributed by atoms with Crippen molar-refractivity contribution in [1.82, 2.24) is 24.6 Å². The van der Waals surface area contributed by atoms with Gasteiger partial charge in [0.2, 0.25) is 0 Å². The van der Waals surface area contributed by atoms with E-state index in [9.17, 15) is 10.1 Å². The van der Waals surface area contributed by atoms with Crippen LogP contribution in [0.2, 0.25) is 0 Å². The molecule has 0 spiro atoms. The second-order valence-corrected chi connectivity index (χ2v) is 5.73. The Morgan fingerprint density at radius 3 is 3.04 bits per heavy atom. The molecule has 0 N–H and O–H groups in total. The SMILES string of the molecule is N#CC1=C(N2CC[C@@H](n3cncn3)C2)c2ccncc2CC1=O. The molecule has 2 aliphatic rings. The highest BCUT2D eigenvalue weighted by atomic mass is 16.1. The molecule has 3 heterocycles. The minimum atomic E-state index is -0.132. The van der Waals surface area contributed by atoms with Crippen LogP contribution in [0.5, 0.6) is 0 Å². The molecule has 0 saturated carbocycles. The van der Waals surface area contributed by atoms with Crippen LogP contribution >= 0.6 is 0 Å². The smallest absolute Gasteiger partial charge is 0.179 e. The fraction of sp³-hybridized carbons (Fsp3) is 0.312. The molecule has 0 unspecified atom stereocenters. The Kier molecular flexibility index (Phi) is 3.15. The minimum Gasteiger partial charge on any atom is -0.368 e. The first-order valence-electron chi connectivity index (χ1n) is 7.48. The Morgan fingerprint density at radius 1 is 1.35 bits per heavy atom. The Hall–Kier alpha value is -3.01. The Morgan fingerprint density at radius 2 is 2.26 bits per heavy atom. The number of ketones is 1. The fourth-order valence-electron chi connectivity index (χ4n) is 3.34. The maximum absolute atomic E-state index is 12.3. The predicted octanol–water partition coefficient (Wildman–Crippen LogP) is 0.980. The van der Waals surface area contributed by atoms with Gasteiger partial charge in [-0.25, -0.2) is 9.67 Å². The number of allylic oxidation sites excluding steroid dienone is 1. The Bertz CT molecular complexity index is 833. The Balaban J connectivity index is 1.74. The van der Waals surface area contributed by atoms with Gasteiger partial charge < -0.3 is 4.90 Å². The third-order valence-corrected chi connectivity index (χ3v) is 4.43. The molecule has 1 saturated heterocycles. The van der Waals surface area contributed by atoms with Crippen LogP contribution in [0, 0.1) is 11.3 Å². The van der Waals surface area contributed by atoms with Gasteiger partial charge in [-0.2, -0.15) is 10.4 Å². The summed E-state index contributed by atoms with van der Waals surface area (Å²) >= 11 is 0. The van der Waals surface area contributed by atoms with Gasteiger partial charge in [-0.05, 0) is 18.1 Å². The summed E-state index contributed by atoms with van der Waals surface area (Å²) in [6.07, 6.45) is 7.79. The van der Waals surface area contributed by atoms with Crippen LogP contribution in [-0.4, -0.2) is 43.5 Å². The van der Waals surface area contributed by atoms with Crippen LogP contribution in [0.15, 0.2) is 36.7 Å². The normalized spacial score (nSPS) is 20.6. The molecule has 2 aromatic heterocycles. The van der Waals surface area contributed by atoms with Crippen molar-refractivity contribution in [3.63, 3.8) is 0 Å². The summed E-state index contributed by atoms with van der Waals surface area (Å²) in [7, 11) is 0. The van der Waals surface area contributed by atoms with Gasteiger partial charge in [-0.1, -0.05) is 0 Å². The van der Waals surface area contributed by atoms with Crippen LogP contribution in [0.1, 0.15) is 23.6 Å². The lowest BCUT2D eigenvalue weighted by Crippen LogP contribution is -2.27. The third-order valence-electron chi connectivity index (χ3n) is 4.43. The molecule has 1 aliphatic heterocycles. The first-order valence-corrected chi connectivity index (χ1v) is 7.48. The van der Waals surface area contributed by atoms with Crippen molar-refractivity contribution in [3.8, 4) is 6.07 Å². The van der Waals surface area contributed by atoms with Crippen molar-refractivity contribution in [2.75, 3.05) is 13.1 Å². The Labute approximate surface area is 132 Å². The molecule has 2 aromatic rings. The van der Waals surface area contributed by atoms with Gasteiger partial charge in [0.25, 0.3) is 0 Å². The van der Waals surface area contributed by atoms with E-state index in [0.717, 1.165) is 29.8 Å². The lowest BCUT2D eigenvalue weighted by atomic mass is 9.89. The van der Waals surface area contributed by atoms with E-state index < -0.39 is 0 Å². The van der Waals surface area contributed by atoms with E-state index in [1.165, 1.54) is 6.33 Å². The lowest BCUT2D eigenvalue weighted by Gasteiger charge is -2.27. The summed E-state index contributed by atoms with van der Waals surface area (Å²) in [4.78, 5) is 22.5. The van der Waals surface area contributed by atoms with Crippen molar-refractivity contribution < 1.29 is 4.79 Å². The molecular formula is C16H14N6O. The van der Waals surface area contributed by atoms with Gasteiger partial charge in [0, 0.05) is 37.5 Å². The summed E-state index contributed by atoms with van der Waals surface area (Å²) in [5.41, 5.74) is 2.82. The third kappa shape index (κ3) is 2.19. The van der Waals surface area contributed by atoms with Crippen LogP contribution in [0.3, 0.4) is 0 Å². The molecule has 1 fully saturated rings. The number of carbonyl (C=O) groups is 1. The number of hydrogen-bond acceptors (Lipinski definition) is 6. The molecule has 0 bridgehead atoms. The van der Waals surface area contributed by atoms with Crippen LogP contribution in [-0.2, 0) is 11.2 Å². The van der Waals surface area contributed by atoms with Gasteiger partial charge in [-0.3, -0.25) is 9.78 Å². The molecule has 1 atom stereocenters. The molecular weight excluding hydrogens is 292 g/mol. The summed E-state index contributed by atoms with van der Waals surface area (Å²) in [5, 5.41) is 13.7. The number of nitriles is 1. The summed E-state index contributed by atoms with van der Waals surface area (Å²) in [5.74, 6) is -0.132. The summed E-state index contributed by atoms with van der Waals surface area (Å²) in [6.45, 7) is 1.49. The first-order chi connectivity index (χ1) is 11.3. The number of pyridine rings is 1. The molecule has 7 heteroatoms. The molecule has 7 nitrogen and oxygen atoms in total. The number of rotatable bonds is 2. The van der Waals surface area contributed by atoms with E-state index in [1.54, 1.807) is 18.7 Å². The van der Waals surface area contributed by atoms with Crippen molar-refractivity contribution in [2.24, 2.45) is 0 Å². The molecule has 23 heavy (non-hydrogen) atoms. The van der Waals surface area contributed by atoms with Crippen molar-refractivity contribution in [3.05, 3.63) is 47.8 Å². The van der Waals surface area contributed by atoms with Crippen molar-refractivity contribution in [1.29, 1.82) is 5.26 Å². The summed E-state index contributed by atoms with van der Waals surface area (Å²) < 4.78 is 1.84. The highest BCUT2D eigenvalue weighted by Crippen LogP contribution is 2.35. The lowest BCUT2D eigenvalue weighted by molar-refractivity contribution is -0.114. The zero-order valence-electron chi connectivity index (χ0n) is 12.4. The van der Waals surface area contributed by atoms with Crippen molar-refractivity contribution >= 4 is 11.5 Å². The highest BCUT2D eigenvalue weighted by Gasteiger charge is 2.33. The first kappa shape index (κ1) is 13.6. The topological polar surface area (TPSA) is 87.7 Å². The number of likely N-dealkylation sites (tertiary alicyclic amines) is 1. The molecule has 0 radical (unpaired) electrons. The quantitative estimate of drug-likeness (QED) is 0.822. The average Bonchev–Trinajstić information content (AvgIpc) is 3.24. The van der Waals surface area contributed by atoms with Crippen molar-refractivity contribution in [2.45, 2.75) is 18.9 Å². The van der Waals surface area contributed by atoms with Gasteiger partial charge >= 0.3 is 0 Å². The van der Waals surface area contributed by atoms with Gasteiger partial charge in [-0.15, -0.1) is 0 Å². The van der Waals surface area contributed by atoms with Crippen LogP contribution in [0.25, 0.3) is 5.70 Å². The van der Waals surface area contributed by atoms with Crippen LogP contribution in [0.4, 0.5) is 0 Å². The molecule has 0 amide bonds. The van der Waals surface area contributed by atoms with Crippen LogP contribution < -0.4 is 0 Å². The molecule has 4 rings (SSSR count). The van der Waals surface area contributed by atoms with E-state index in [0.29, 0.717) is 6.54 Å². The van der Waals surface area contributed by atoms with E-state index in [4.69, 9.17) is 0 Å². The average molecular weight is 306 g/mol. The number of Topliss-reactive ketones (excluding diaryl/α,β-unsaturated/α-hetero) is 1. The second kappa shape index (κ2) is 5.32. The standard InChI is InChI=1S/C16H14N6O/c17-6-14-15(23)5-11-7-18-3-1-13(11)16(14)21-4-2-12(8-21)22-10-19-9-20-22/h1,3,7,9-10,12H,2,4-5,8H2/t12-/m1/s1. The monoisotopic (exact) mass is 306 g/mol. The number of fused-ring (bicyclic) bond motifs is 1. The molecule has 114 valence electrons. The maximum atomic E-state index is 12.3. The zero-order chi connectivity index (χ0) is 15.8. The van der Waals surface area contributed by atoms with Gasteiger partial charge in [0.05, 0.1) is 11.7 Å². The van der Waals surface area contributed by atoms with E-state index in [1.807, 2.05) is 10.7 Å². The van der Waals surface area contributed by atoms with E-state index in [-0.39, 0.29) is 23.8 Å². The van der Waals surface area contributed by atoms with Gasteiger partial charge in [0.1, 0.15) is 24.3 Å². The zero-order valence-corrected chi connectivity index (χ0v) is 12.4. The second-order valence-electron chi connectivity index (χ2n) is 5.73. The predicted molar refractivity (Wildman–Crippen MR) is 80.7 cm³/mol. The summed E-state index contributed by atoms with van der Waals surface area (Å²) in [6, 6.07) is 4.19. The number of hydrogen-bond donors (Lipinski definition) is 0. The molecule has 0 aromatic carbocycles. The fourth-order valence-corrected chi connectivity index (χ4v) is 3.34. The van der Waals surface area contributed by atoms with E-state index in [2.05, 4.69) is 26.0 Å². The number of aromatic nitrogens is 4. The number of nitrogens with zero attached hydrogens (tertiary/aromatic N) is 6. The number of carbonyl (C=O) groups excluding carboxylic acids is 1. The largest absolute Gasteiger partial charge is 0.368 e. The maximum Gasteiger partial charge on any atom is 0.179 e. The van der Waals surface area contributed by atoms with Gasteiger partial charge in [0.15, 0.2) is 5.78 Å².